The maximum atomic E-state index is 12.6. The van der Waals surface area contributed by atoms with Crippen LogP contribution in [0.15, 0.2) is 28.7 Å². The minimum atomic E-state index is -0.921. The number of hydrogen-bond donors (Lipinski definition) is 2. The van der Waals surface area contributed by atoms with Crippen molar-refractivity contribution < 1.29 is 14.7 Å². The maximum absolute atomic E-state index is 12.6. The molecule has 1 aromatic carbocycles. The van der Waals surface area contributed by atoms with Crippen molar-refractivity contribution in [2.75, 3.05) is 0 Å². The molecule has 4 nitrogen and oxygen atoms in total. The van der Waals surface area contributed by atoms with Gasteiger partial charge in [0.05, 0.1) is 6.04 Å². The van der Waals surface area contributed by atoms with Crippen molar-refractivity contribution in [3.05, 3.63) is 34.3 Å². The first kappa shape index (κ1) is 18.8. The molecule has 3 atom stereocenters. The van der Waals surface area contributed by atoms with Gasteiger partial charge in [-0.25, -0.2) is 0 Å². The summed E-state index contributed by atoms with van der Waals surface area (Å²) >= 11 is 3.39. The van der Waals surface area contributed by atoms with Crippen molar-refractivity contribution in [3.63, 3.8) is 0 Å². The molecule has 0 radical (unpaired) electrons. The molecule has 0 aliphatic carbocycles. The van der Waals surface area contributed by atoms with Crippen LogP contribution in [-0.2, 0) is 16.0 Å². The van der Waals surface area contributed by atoms with Crippen molar-refractivity contribution in [2.24, 2.45) is 17.6 Å². The zero-order valence-electron chi connectivity index (χ0n) is 13.1. The molecule has 0 fully saturated rings. The first-order valence-electron chi connectivity index (χ1n) is 7.60. The molecule has 0 amide bonds. The number of nitrogens with two attached hydrogens (primary N) is 1. The van der Waals surface area contributed by atoms with E-state index in [2.05, 4.69) is 15.9 Å². The SMILES string of the molecule is CCCC(Cc1ccc(Br)cc1)C(=O)C(N)C(C)CC(=O)O. The summed E-state index contributed by atoms with van der Waals surface area (Å²) in [6.07, 6.45) is 2.23. The Kier molecular flexibility index (Phi) is 7.76. The molecule has 122 valence electrons. The number of Topliss-reactive ketones (excluding diaryl/α,β-unsaturated/α-hetero) is 1. The number of halogens is 1. The predicted molar refractivity (Wildman–Crippen MR) is 90.6 cm³/mol. The van der Waals surface area contributed by atoms with Crippen LogP contribution in [0.2, 0.25) is 0 Å². The molecule has 3 N–H and O–H groups in total. The lowest BCUT2D eigenvalue weighted by Gasteiger charge is -2.23. The van der Waals surface area contributed by atoms with Crippen LogP contribution in [0.3, 0.4) is 0 Å². The molecule has 5 heteroatoms. The van der Waals surface area contributed by atoms with Gasteiger partial charge in [0.15, 0.2) is 5.78 Å². The van der Waals surface area contributed by atoms with Crippen molar-refractivity contribution in [3.8, 4) is 0 Å². The standard InChI is InChI=1S/C17H24BrNO3/c1-3-4-13(10-12-5-7-14(18)8-6-12)17(22)16(19)11(2)9-15(20)21/h5-8,11,13,16H,3-4,9-10,19H2,1-2H3,(H,20,21). The fraction of sp³-hybridized carbons (Fsp3) is 0.529. The van der Waals surface area contributed by atoms with E-state index >= 15 is 0 Å². The second-order valence-electron chi connectivity index (χ2n) is 5.82. The van der Waals surface area contributed by atoms with Crippen molar-refractivity contribution in [1.82, 2.24) is 0 Å². The Labute approximate surface area is 140 Å². The van der Waals surface area contributed by atoms with Gasteiger partial charge in [-0.1, -0.05) is 48.3 Å². The molecule has 0 aromatic heterocycles. The van der Waals surface area contributed by atoms with E-state index in [0.29, 0.717) is 6.42 Å². The minimum absolute atomic E-state index is 0.0291. The van der Waals surface area contributed by atoms with Gasteiger partial charge in [-0.3, -0.25) is 9.59 Å². The van der Waals surface area contributed by atoms with Gasteiger partial charge < -0.3 is 10.8 Å². The van der Waals surface area contributed by atoms with E-state index in [-0.39, 0.29) is 24.0 Å². The summed E-state index contributed by atoms with van der Waals surface area (Å²) in [5.74, 6) is -1.46. The van der Waals surface area contributed by atoms with Gasteiger partial charge in [0, 0.05) is 16.8 Å². The van der Waals surface area contributed by atoms with E-state index in [4.69, 9.17) is 10.8 Å². The Balaban J connectivity index is 2.78. The quantitative estimate of drug-likeness (QED) is 0.698. The molecule has 0 spiro atoms. The average Bonchev–Trinajstić information content (AvgIpc) is 2.46. The van der Waals surface area contributed by atoms with Crippen LogP contribution in [0.5, 0.6) is 0 Å². The van der Waals surface area contributed by atoms with E-state index in [9.17, 15) is 9.59 Å². The smallest absolute Gasteiger partial charge is 0.303 e. The molecule has 0 saturated carbocycles. The topological polar surface area (TPSA) is 80.4 Å². The van der Waals surface area contributed by atoms with Crippen molar-refractivity contribution in [2.45, 2.75) is 45.6 Å². The third-order valence-electron chi connectivity index (χ3n) is 3.87. The fourth-order valence-electron chi connectivity index (χ4n) is 2.55. The van der Waals surface area contributed by atoms with Gasteiger partial charge in [0.25, 0.3) is 0 Å². The summed E-state index contributed by atoms with van der Waals surface area (Å²) in [5, 5.41) is 8.85. The van der Waals surface area contributed by atoms with E-state index in [1.807, 2.05) is 31.2 Å². The monoisotopic (exact) mass is 369 g/mol. The molecule has 1 rings (SSSR count). The summed E-state index contributed by atoms with van der Waals surface area (Å²) in [6.45, 7) is 3.76. The van der Waals surface area contributed by atoms with E-state index in [1.165, 1.54) is 0 Å². The lowest BCUT2D eigenvalue weighted by atomic mass is 9.83. The molecule has 0 bridgehead atoms. The lowest BCUT2D eigenvalue weighted by molar-refractivity contribution is -0.138. The van der Waals surface area contributed by atoms with Crippen LogP contribution < -0.4 is 5.73 Å². The van der Waals surface area contributed by atoms with E-state index in [0.717, 1.165) is 22.9 Å². The van der Waals surface area contributed by atoms with Crippen molar-refractivity contribution >= 4 is 27.7 Å². The van der Waals surface area contributed by atoms with Crippen LogP contribution in [0.4, 0.5) is 0 Å². The Morgan fingerprint density at radius 3 is 2.36 bits per heavy atom. The highest BCUT2D eigenvalue weighted by atomic mass is 79.9. The largest absolute Gasteiger partial charge is 0.481 e. The van der Waals surface area contributed by atoms with Gasteiger partial charge in [-0.2, -0.15) is 0 Å². The van der Waals surface area contributed by atoms with Crippen LogP contribution >= 0.6 is 15.9 Å². The Bertz CT molecular complexity index is 501. The van der Waals surface area contributed by atoms with E-state index in [1.54, 1.807) is 6.92 Å². The average molecular weight is 370 g/mol. The van der Waals surface area contributed by atoms with Crippen LogP contribution in [0.25, 0.3) is 0 Å². The van der Waals surface area contributed by atoms with Gasteiger partial charge in [-0.05, 0) is 36.5 Å². The van der Waals surface area contributed by atoms with Gasteiger partial charge in [-0.15, -0.1) is 0 Å². The van der Waals surface area contributed by atoms with Gasteiger partial charge in [0.2, 0.25) is 0 Å². The number of carbonyl (C=O) groups excluding carboxylic acids is 1. The molecule has 1 aromatic rings. The molecular formula is C17H24BrNO3. The van der Waals surface area contributed by atoms with Gasteiger partial charge in [0.1, 0.15) is 0 Å². The third-order valence-corrected chi connectivity index (χ3v) is 4.40. The van der Waals surface area contributed by atoms with Crippen LogP contribution in [0.1, 0.15) is 38.7 Å². The normalized spacial score (nSPS) is 15.1. The molecule has 0 saturated heterocycles. The Hall–Kier alpha value is -1.20. The summed E-state index contributed by atoms with van der Waals surface area (Å²) in [6, 6.07) is 7.17. The third kappa shape index (κ3) is 5.89. The maximum Gasteiger partial charge on any atom is 0.303 e. The highest BCUT2D eigenvalue weighted by Gasteiger charge is 2.28. The second-order valence-corrected chi connectivity index (χ2v) is 6.74. The second kappa shape index (κ2) is 9.06. The molecule has 3 unspecified atom stereocenters. The van der Waals surface area contributed by atoms with Crippen molar-refractivity contribution in [1.29, 1.82) is 0 Å². The van der Waals surface area contributed by atoms with Gasteiger partial charge >= 0.3 is 5.97 Å². The number of carboxylic acid groups (broad SMARTS) is 1. The number of carboxylic acids is 1. The number of benzene rings is 1. The number of aliphatic carboxylic acids is 1. The first-order chi connectivity index (χ1) is 10.3. The highest BCUT2D eigenvalue weighted by molar-refractivity contribution is 9.10. The number of carbonyl (C=O) groups is 2. The summed E-state index contributed by atoms with van der Waals surface area (Å²) in [4.78, 5) is 23.4. The minimum Gasteiger partial charge on any atom is -0.481 e. The highest BCUT2D eigenvalue weighted by Crippen LogP contribution is 2.21. The Morgan fingerprint density at radius 2 is 1.86 bits per heavy atom. The Morgan fingerprint density at radius 1 is 1.27 bits per heavy atom. The number of ketones is 1. The molecule has 22 heavy (non-hydrogen) atoms. The first-order valence-corrected chi connectivity index (χ1v) is 8.40. The summed E-state index contributed by atoms with van der Waals surface area (Å²) in [5.41, 5.74) is 7.09. The molecule has 0 aliphatic rings. The summed E-state index contributed by atoms with van der Waals surface area (Å²) in [7, 11) is 0. The zero-order chi connectivity index (χ0) is 16.7. The summed E-state index contributed by atoms with van der Waals surface area (Å²) < 4.78 is 1.00. The predicted octanol–water partition coefficient (Wildman–Crippen LogP) is 3.42. The van der Waals surface area contributed by atoms with Crippen LogP contribution in [-0.4, -0.2) is 22.9 Å². The van der Waals surface area contributed by atoms with Crippen LogP contribution in [0, 0.1) is 11.8 Å². The lowest BCUT2D eigenvalue weighted by Crippen LogP contribution is -2.42. The molecular weight excluding hydrogens is 346 g/mol. The number of rotatable bonds is 9. The fourth-order valence-corrected chi connectivity index (χ4v) is 2.82. The van der Waals surface area contributed by atoms with E-state index < -0.39 is 12.0 Å². The zero-order valence-corrected chi connectivity index (χ0v) is 14.7. The molecule has 0 aliphatic heterocycles. The number of hydrogen-bond acceptors (Lipinski definition) is 3. The molecule has 0 heterocycles.